The summed E-state index contributed by atoms with van der Waals surface area (Å²) in [4.78, 5) is 2.29. The molecule has 1 N–H and O–H groups in total. The molecule has 3 aromatic rings. The van der Waals surface area contributed by atoms with Crippen LogP contribution in [-0.2, 0) is 0 Å². The first-order chi connectivity index (χ1) is 13.2. The molecule has 0 spiro atoms. The summed E-state index contributed by atoms with van der Waals surface area (Å²) in [5.41, 5.74) is 0.876. The van der Waals surface area contributed by atoms with Crippen LogP contribution in [0.1, 0.15) is 24.6 Å². The third-order valence-electron chi connectivity index (χ3n) is 4.94. The molecule has 1 aliphatic rings. The molecule has 6 nitrogen and oxygen atoms in total. The molecule has 4 rings (SSSR count). The summed E-state index contributed by atoms with van der Waals surface area (Å²) in [6.07, 6.45) is 3.63. The second-order valence-corrected chi connectivity index (χ2v) is 7.44. The van der Waals surface area contributed by atoms with E-state index in [0.717, 1.165) is 37.4 Å². The smallest absolute Gasteiger partial charge is 0.160 e. The second kappa shape index (κ2) is 8.25. The predicted molar refractivity (Wildman–Crippen MR) is 104 cm³/mol. The summed E-state index contributed by atoms with van der Waals surface area (Å²) in [6, 6.07) is 13.1. The molecule has 1 saturated heterocycles. The molecular formula is C20H23ClN4O2. The molecular weight excluding hydrogens is 364 g/mol. The van der Waals surface area contributed by atoms with Gasteiger partial charge in [-0.3, -0.25) is 9.30 Å². The number of nitrogens with zero attached hydrogens (tertiary/aromatic N) is 4. The lowest BCUT2D eigenvalue weighted by molar-refractivity contribution is 0.0577. The van der Waals surface area contributed by atoms with Gasteiger partial charge in [0.15, 0.2) is 5.65 Å². The van der Waals surface area contributed by atoms with E-state index in [1.54, 1.807) is 12.1 Å². The minimum absolute atomic E-state index is 0.261. The summed E-state index contributed by atoms with van der Waals surface area (Å²) in [5, 5.41) is 19.7. The maximum Gasteiger partial charge on any atom is 0.160 e. The molecule has 0 aliphatic carbocycles. The topological polar surface area (TPSA) is 62.9 Å². The molecule has 0 amide bonds. The Balaban J connectivity index is 1.33. The van der Waals surface area contributed by atoms with Gasteiger partial charge in [0.25, 0.3) is 0 Å². The summed E-state index contributed by atoms with van der Waals surface area (Å²) in [7, 11) is 0. The first-order valence-electron chi connectivity index (χ1n) is 9.27. The summed E-state index contributed by atoms with van der Waals surface area (Å²) in [5.74, 6) is 2.03. The lowest BCUT2D eigenvalue weighted by atomic mass is 9.97. The van der Waals surface area contributed by atoms with Gasteiger partial charge in [0.05, 0.1) is 0 Å². The standard InChI is InChI=1S/C20H23ClN4O2/c21-16-6-8-18(9-7-16)27-14-17(26)13-24-10-3-4-15(12-24)20-23-22-19-5-1-2-11-25(19)20/h1-2,5-9,11,15,17,26H,3-4,10,12-14H2/t15-,17+/m0/s1. The maximum atomic E-state index is 10.4. The molecule has 1 aliphatic heterocycles. The minimum Gasteiger partial charge on any atom is -0.491 e. The zero-order valence-corrected chi connectivity index (χ0v) is 15.8. The van der Waals surface area contributed by atoms with Crippen LogP contribution in [0.5, 0.6) is 5.75 Å². The Morgan fingerprint density at radius 1 is 1.19 bits per heavy atom. The molecule has 27 heavy (non-hydrogen) atoms. The fraction of sp³-hybridized carbons (Fsp3) is 0.400. The van der Waals surface area contributed by atoms with Crippen molar-refractivity contribution in [2.45, 2.75) is 24.9 Å². The largest absolute Gasteiger partial charge is 0.491 e. The van der Waals surface area contributed by atoms with E-state index in [-0.39, 0.29) is 6.61 Å². The number of piperidine rings is 1. The number of aliphatic hydroxyl groups is 1. The van der Waals surface area contributed by atoms with Crippen molar-refractivity contribution in [3.63, 3.8) is 0 Å². The van der Waals surface area contributed by atoms with Crippen molar-refractivity contribution in [1.29, 1.82) is 0 Å². The van der Waals surface area contributed by atoms with Crippen LogP contribution in [-0.4, -0.2) is 56.9 Å². The quantitative estimate of drug-likeness (QED) is 0.705. The molecule has 0 bridgehead atoms. The number of pyridine rings is 1. The number of fused-ring (bicyclic) bond motifs is 1. The summed E-state index contributed by atoms with van der Waals surface area (Å²) in [6.45, 7) is 2.69. The fourth-order valence-corrected chi connectivity index (χ4v) is 3.77. The predicted octanol–water partition coefficient (Wildman–Crippen LogP) is 3.00. The van der Waals surface area contributed by atoms with E-state index in [1.807, 2.05) is 36.5 Å². The Labute approximate surface area is 163 Å². The van der Waals surface area contributed by atoms with E-state index in [9.17, 15) is 5.11 Å². The molecule has 2 atom stereocenters. The van der Waals surface area contributed by atoms with E-state index in [2.05, 4.69) is 19.5 Å². The van der Waals surface area contributed by atoms with Gasteiger partial charge in [-0.25, -0.2) is 0 Å². The molecule has 2 aromatic heterocycles. The van der Waals surface area contributed by atoms with Gasteiger partial charge in [-0.1, -0.05) is 17.7 Å². The van der Waals surface area contributed by atoms with Gasteiger partial charge in [0.2, 0.25) is 0 Å². The lowest BCUT2D eigenvalue weighted by Crippen LogP contribution is -2.41. The third-order valence-corrected chi connectivity index (χ3v) is 5.19. The number of hydrogen-bond donors (Lipinski definition) is 1. The molecule has 0 radical (unpaired) electrons. The first kappa shape index (κ1) is 18.2. The van der Waals surface area contributed by atoms with Gasteiger partial charge >= 0.3 is 0 Å². The van der Waals surface area contributed by atoms with Crippen molar-refractivity contribution in [1.82, 2.24) is 19.5 Å². The Kier molecular flexibility index (Phi) is 5.57. The molecule has 142 valence electrons. The van der Waals surface area contributed by atoms with Crippen LogP contribution in [0.4, 0.5) is 0 Å². The number of β-amino-alcohol motifs (C(OH)–C–C–N with tert-alkyl or cyclic N) is 1. The van der Waals surface area contributed by atoms with Crippen molar-refractivity contribution in [2.24, 2.45) is 0 Å². The van der Waals surface area contributed by atoms with Crippen LogP contribution in [0.25, 0.3) is 5.65 Å². The van der Waals surface area contributed by atoms with Gasteiger partial charge in [-0.05, 0) is 55.8 Å². The van der Waals surface area contributed by atoms with E-state index < -0.39 is 6.10 Å². The Bertz CT molecular complexity index is 883. The highest BCUT2D eigenvalue weighted by Gasteiger charge is 2.26. The Hall–Kier alpha value is -2.15. The monoisotopic (exact) mass is 386 g/mol. The number of halogens is 1. The van der Waals surface area contributed by atoms with Crippen molar-refractivity contribution < 1.29 is 9.84 Å². The van der Waals surface area contributed by atoms with E-state index >= 15 is 0 Å². The SMILES string of the molecule is O[C@@H](COc1ccc(Cl)cc1)CN1CCC[C@H](c2nnc3ccccn23)C1. The number of rotatable bonds is 6. The summed E-state index contributed by atoms with van der Waals surface area (Å²) < 4.78 is 7.72. The number of aliphatic hydroxyl groups excluding tert-OH is 1. The highest BCUT2D eigenvalue weighted by atomic mass is 35.5. The number of aromatic nitrogens is 3. The van der Waals surface area contributed by atoms with Crippen LogP contribution in [0, 0.1) is 0 Å². The van der Waals surface area contributed by atoms with E-state index in [1.165, 1.54) is 0 Å². The number of ether oxygens (including phenoxy) is 1. The molecule has 0 saturated carbocycles. The van der Waals surface area contributed by atoms with Crippen LogP contribution >= 0.6 is 11.6 Å². The van der Waals surface area contributed by atoms with Crippen molar-refractivity contribution in [3.05, 3.63) is 59.5 Å². The number of hydrogen-bond acceptors (Lipinski definition) is 5. The average Bonchev–Trinajstić information content (AvgIpc) is 3.12. The fourth-order valence-electron chi connectivity index (χ4n) is 3.64. The minimum atomic E-state index is -0.547. The van der Waals surface area contributed by atoms with E-state index in [4.69, 9.17) is 16.3 Å². The van der Waals surface area contributed by atoms with Gasteiger partial charge in [-0.15, -0.1) is 10.2 Å². The van der Waals surface area contributed by atoms with Crippen molar-refractivity contribution >= 4 is 17.2 Å². The lowest BCUT2D eigenvalue weighted by Gasteiger charge is -2.33. The van der Waals surface area contributed by atoms with Gasteiger partial charge in [0, 0.05) is 30.2 Å². The van der Waals surface area contributed by atoms with Gasteiger partial charge in [-0.2, -0.15) is 0 Å². The Morgan fingerprint density at radius 3 is 2.89 bits per heavy atom. The second-order valence-electron chi connectivity index (χ2n) is 7.00. The van der Waals surface area contributed by atoms with Gasteiger partial charge in [0.1, 0.15) is 24.3 Å². The molecule has 1 fully saturated rings. The highest BCUT2D eigenvalue weighted by molar-refractivity contribution is 6.30. The third kappa shape index (κ3) is 4.40. The molecule has 3 heterocycles. The number of likely N-dealkylation sites (tertiary alicyclic amines) is 1. The van der Waals surface area contributed by atoms with Crippen LogP contribution in [0.3, 0.4) is 0 Å². The number of benzene rings is 1. The Morgan fingerprint density at radius 2 is 2.04 bits per heavy atom. The van der Waals surface area contributed by atoms with Gasteiger partial charge < -0.3 is 9.84 Å². The highest BCUT2D eigenvalue weighted by Crippen LogP contribution is 2.26. The molecule has 1 aromatic carbocycles. The first-order valence-corrected chi connectivity index (χ1v) is 9.65. The average molecular weight is 387 g/mol. The summed E-state index contributed by atoms with van der Waals surface area (Å²) >= 11 is 5.87. The van der Waals surface area contributed by atoms with Crippen molar-refractivity contribution in [2.75, 3.05) is 26.2 Å². The van der Waals surface area contributed by atoms with Crippen molar-refractivity contribution in [3.8, 4) is 5.75 Å². The van der Waals surface area contributed by atoms with Crippen LogP contribution in [0.15, 0.2) is 48.7 Å². The molecule has 7 heteroatoms. The van der Waals surface area contributed by atoms with Crippen LogP contribution in [0.2, 0.25) is 5.02 Å². The zero-order chi connectivity index (χ0) is 18.6. The maximum absolute atomic E-state index is 10.4. The molecule has 0 unspecified atom stereocenters. The zero-order valence-electron chi connectivity index (χ0n) is 15.0. The normalized spacial score (nSPS) is 19.3. The van der Waals surface area contributed by atoms with Crippen LogP contribution < -0.4 is 4.74 Å². The van der Waals surface area contributed by atoms with E-state index in [0.29, 0.717) is 23.2 Å².